The Morgan fingerprint density at radius 3 is 1.63 bits per heavy atom. The summed E-state index contributed by atoms with van der Waals surface area (Å²) in [6.45, 7) is 0.150. The number of aliphatic hydroxyl groups is 4. The van der Waals surface area contributed by atoms with Crippen molar-refractivity contribution in [2.24, 2.45) is 0 Å². The van der Waals surface area contributed by atoms with Crippen molar-refractivity contribution in [1.82, 2.24) is 39.0 Å². The van der Waals surface area contributed by atoms with Crippen molar-refractivity contribution >= 4 is 34.2 Å². The van der Waals surface area contributed by atoms with E-state index in [4.69, 9.17) is 9.47 Å². The third kappa shape index (κ3) is 5.16. The van der Waals surface area contributed by atoms with Gasteiger partial charge in [-0.15, -0.1) is 0 Å². The lowest BCUT2D eigenvalue weighted by Crippen LogP contribution is -2.24. The molecule has 2 saturated heterocycles. The minimum atomic E-state index is -0.845. The Kier molecular flexibility index (Phi) is 7.41. The largest absolute Gasteiger partial charge is 0.394 e. The van der Waals surface area contributed by atoms with Gasteiger partial charge >= 0.3 is 0 Å². The summed E-state index contributed by atoms with van der Waals surface area (Å²) >= 11 is 0. The number of ether oxygens (including phenoxy) is 2. The molecule has 0 radical (unpaired) electrons. The number of fused-ring (bicyclic) bond motifs is 2. The van der Waals surface area contributed by atoms with Crippen LogP contribution in [0, 0.1) is 0 Å². The molecule has 0 saturated carbocycles. The first-order valence-electron chi connectivity index (χ1n) is 13.2. The summed E-state index contributed by atoms with van der Waals surface area (Å²) in [5.41, 5.74) is -0.0831. The molecule has 6 heterocycles. The number of H-pyrrole nitrogens is 2. The molecule has 0 amide bonds. The number of aromatic nitrogens is 8. The molecule has 2 aliphatic heterocycles. The van der Waals surface area contributed by atoms with Crippen molar-refractivity contribution in [3.05, 3.63) is 33.4 Å². The van der Waals surface area contributed by atoms with E-state index in [-0.39, 0.29) is 60.3 Å². The highest BCUT2D eigenvalue weighted by Gasteiger charge is 2.36. The number of aromatic amines is 2. The maximum Gasteiger partial charge on any atom is 0.280 e. The predicted octanol–water partition coefficient (Wildman–Crippen LogP) is -2.25. The molecule has 0 aromatic carbocycles. The highest BCUT2D eigenvalue weighted by molar-refractivity contribution is 5.71. The molecule has 0 aliphatic carbocycles. The molecule has 0 unspecified atom stereocenters. The first-order chi connectivity index (χ1) is 19.9. The van der Waals surface area contributed by atoms with Crippen LogP contribution >= 0.6 is 0 Å². The van der Waals surface area contributed by atoms with E-state index < -0.39 is 48.0 Å². The lowest BCUT2D eigenvalue weighted by Gasteiger charge is -2.14. The maximum absolute atomic E-state index is 12.5. The zero-order chi connectivity index (χ0) is 28.7. The average molecular weight is 575 g/mol. The zero-order valence-corrected chi connectivity index (χ0v) is 21.7. The molecular weight excluding hydrogens is 544 g/mol. The van der Waals surface area contributed by atoms with Gasteiger partial charge in [0, 0.05) is 25.9 Å². The van der Waals surface area contributed by atoms with Crippen molar-refractivity contribution in [3.63, 3.8) is 0 Å². The van der Waals surface area contributed by atoms with Gasteiger partial charge in [-0.1, -0.05) is 0 Å². The van der Waals surface area contributed by atoms with Gasteiger partial charge in [0.05, 0.1) is 38.1 Å². The zero-order valence-electron chi connectivity index (χ0n) is 21.7. The molecular formula is C23H30N10O8. The molecule has 18 nitrogen and oxygen atoms in total. The van der Waals surface area contributed by atoms with Crippen molar-refractivity contribution in [2.75, 3.05) is 36.9 Å². The van der Waals surface area contributed by atoms with Crippen LogP contribution < -0.4 is 21.8 Å². The fourth-order valence-electron chi connectivity index (χ4n) is 5.04. The summed E-state index contributed by atoms with van der Waals surface area (Å²) in [4.78, 5) is 47.5. The van der Waals surface area contributed by atoms with E-state index in [1.54, 1.807) is 9.13 Å². The van der Waals surface area contributed by atoms with E-state index in [0.717, 1.165) is 0 Å². The SMILES string of the molecule is O=c1[nH]c(NCCCNc2nc3c(ncn3[C@H]3C[C@H](O)[C@@H](CO)O3)c(=O)[nH]2)nc2c1ncn2[C@H]1C[C@H](O)[C@@H](CO)O1. The number of rotatable bonds is 10. The Morgan fingerprint density at radius 1 is 0.805 bits per heavy atom. The fraction of sp³-hybridized carbons (Fsp3) is 0.565. The van der Waals surface area contributed by atoms with Crippen molar-refractivity contribution in [1.29, 1.82) is 0 Å². The molecule has 6 atom stereocenters. The quantitative estimate of drug-likeness (QED) is 0.0932. The Balaban J connectivity index is 1.08. The van der Waals surface area contributed by atoms with Gasteiger partial charge in [0.25, 0.3) is 11.1 Å². The second kappa shape index (κ2) is 11.1. The smallest absolute Gasteiger partial charge is 0.280 e. The summed E-state index contributed by atoms with van der Waals surface area (Å²) in [5.74, 6) is 0.441. The topological polar surface area (TPSA) is 251 Å². The lowest BCUT2D eigenvalue weighted by atomic mass is 10.2. The van der Waals surface area contributed by atoms with Crippen molar-refractivity contribution in [3.8, 4) is 0 Å². The predicted molar refractivity (Wildman–Crippen MR) is 141 cm³/mol. The van der Waals surface area contributed by atoms with E-state index >= 15 is 0 Å². The highest BCUT2D eigenvalue weighted by atomic mass is 16.5. The number of hydrogen-bond acceptors (Lipinski definition) is 14. The molecule has 6 rings (SSSR count). The van der Waals surface area contributed by atoms with Crippen LogP contribution in [0.3, 0.4) is 0 Å². The van der Waals surface area contributed by atoms with E-state index in [2.05, 4.69) is 40.5 Å². The molecule has 8 N–H and O–H groups in total. The van der Waals surface area contributed by atoms with E-state index in [0.29, 0.717) is 19.5 Å². The molecule has 4 aromatic heterocycles. The van der Waals surface area contributed by atoms with Gasteiger partial charge in [-0.3, -0.25) is 28.7 Å². The van der Waals surface area contributed by atoms with Crippen LogP contribution in [-0.4, -0.2) is 110 Å². The van der Waals surface area contributed by atoms with E-state index in [9.17, 15) is 30.0 Å². The van der Waals surface area contributed by atoms with Gasteiger partial charge < -0.3 is 40.5 Å². The van der Waals surface area contributed by atoms with Gasteiger partial charge in [-0.25, -0.2) is 9.97 Å². The Labute approximate surface area is 230 Å². The minimum Gasteiger partial charge on any atom is -0.394 e. The van der Waals surface area contributed by atoms with E-state index in [1.807, 2.05) is 0 Å². The molecule has 220 valence electrons. The average Bonchev–Trinajstić information content (AvgIpc) is 3.73. The summed E-state index contributed by atoms with van der Waals surface area (Å²) in [6, 6.07) is 0. The lowest BCUT2D eigenvalue weighted by molar-refractivity contribution is -0.0432. The number of nitrogens with zero attached hydrogens (tertiary/aromatic N) is 6. The van der Waals surface area contributed by atoms with E-state index in [1.165, 1.54) is 12.7 Å². The Bertz CT molecular complexity index is 1530. The van der Waals surface area contributed by atoms with Crippen LogP contribution in [-0.2, 0) is 9.47 Å². The third-order valence-electron chi connectivity index (χ3n) is 7.19. The van der Waals surface area contributed by atoms with Crippen LogP contribution in [0.5, 0.6) is 0 Å². The van der Waals surface area contributed by atoms with Crippen LogP contribution in [0.15, 0.2) is 22.2 Å². The molecule has 2 aliphatic rings. The summed E-state index contributed by atoms with van der Waals surface area (Å²) in [5, 5.41) is 44.9. The van der Waals surface area contributed by atoms with Gasteiger partial charge in [-0.05, 0) is 6.42 Å². The number of hydrogen-bond donors (Lipinski definition) is 8. The summed E-state index contributed by atoms with van der Waals surface area (Å²) in [6.07, 6.45) is -0.552. The summed E-state index contributed by atoms with van der Waals surface area (Å²) < 4.78 is 14.4. The Morgan fingerprint density at radius 2 is 1.24 bits per heavy atom. The number of nitrogens with one attached hydrogen (secondary N) is 4. The molecule has 4 aromatic rings. The van der Waals surface area contributed by atoms with Gasteiger partial charge in [0.1, 0.15) is 24.7 Å². The first-order valence-corrected chi connectivity index (χ1v) is 13.2. The number of anilines is 2. The van der Waals surface area contributed by atoms with Crippen LogP contribution in [0.2, 0.25) is 0 Å². The minimum absolute atomic E-state index is 0.122. The molecule has 41 heavy (non-hydrogen) atoms. The molecule has 0 bridgehead atoms. The second-order valence-corrected chi connectivity index (χ2v) is 9.91. The van der Waals surface area contributed by atoms with Crippen molar-refractivity contribution in [2.45, 2.75) is 56.1 Å². The number of aliphatic hydroxyl groups excluding tert-OH is 4. The fourth-order valence-corrected chi connectivity index (χ4v) is 5.04. The number of imidazole rings is 2. The van der Waals surface area contributed by atoms with Gasteiger partial charge in [0.15, 0.2) is 22.3 Å². The highest BCUT2D eigenvalue weighted by Crippen LogP contribution is 2.31. The first kappa shape index (κ1) is 27.2. The summed E-state index contributed by atoms with van der Waals surface area (Å²) in [7, 11) is 0. The van der Waals surface area contributed by atoms with Crippen LogP contribution in [0.25, 0.3) is 22.3 Å². The van der Waals surface area contributed by atoms with Crippen LogP contribution in [0.4, 0.5) is 11.9 Å². The Hall–Kier alpha value is -3.94. The molecule has 18 heteroatoms. The normalized spacial score (nSPS) is 26.3. The maximum atomic E-state index is 12.5. The third-order valence-corrected chi connectivity index (χ3v) is 7.19. The van der Waals surface area contributed by atoms with Crippen molar-refractivity contribution < 1.29 is 29.9 Å². The second-order valence-electron chi connectivity index (χ2n) is 9.91. The van der Waals surface area contributed by atoms with Crippen LogP contribution in [0.1, 0.15) is 31.7 Å². The van der Waals surface area contributed by atoms with Gasteiger partial charge in [0.2, 0.25) is 11.9 Å². The van der Waals surface area contributed by atoms with Gasteiger partial charge in [-0.2, -0.15) is 9.97 Å². The molecule has 0 spiro atoms. The molecule has 2 fully saturated rings. The standard InChI is InChI=1S/C23H30N10O8/c34-6-12-10(36)4-14(40-12)32-8-26-16-18(32)28-22(30-20(16)38)24-2-1-3-25-23-29-19-17(21(39)31-23)27-9-33(19)15-5-11(37)13(7-35)41-15/h8-15,34-37H,1-7H2,(H2,24,28,30,38)(H2,25,29,31,39)/t10-,11-,12+,13+,14+,15+/m0/s1. The monoisotopic (exact) mass is 574 g/mol.